The minimum Gasteiger partial charge on any atom is -0.291 e. The molecule has 0 N–H and O–H groups in total. The maximum Gasteiger partial charge on any atom is 0.337 e. The van der Waals surface area contributed by atoms with Gasteiger partial charge in [0, 0.05) is 31.5 Å². The summed E-state index contributed by atoms with van der Waals surface area (Å²) >= 11 is 24.6. The Morgan fingerprint density at radius 2 is 0.941 bits per heavy atom. The molecule has 0 aromatic heterocycles. The summed E-state index contributed by atoms with van der Waals surface area (Å²) in [4.78, 5) is 46.4. The minimum atomic E-state index is -0.633. The third kappa shape index (κ3) is 3.36. The molecule has 0 unspecified atom stereocenters. The maximum absolute atomic E-state index is 13.9. The number of benzene rings is 2. The van der Waals surface area contributed by atoms with E-state index in [1.165, 1.54) is 19.6 Å². The van der Waals surface area contributed by atoms with Gasteiger partial charge in [0.15, 0.2) is 0 Å². The number of carbonyl (C=O) groups excluding carboxylic acids is 3. The summed E-state index contributed by atoms with van der Waals surface area (Å²) in [6.45, 7) is 0.660. The predicted octanol–water partition coefficient (Wildman–Crippen LogP) is 6.67. The number of anilines is 2. The molecular weight excluding hydrogens is 522 g/mol. The molecule has 2 spiro atoms. The van der Waals surface area contributed by atoms with Gasteiger partial charge in [0.25, 0.3) is 0 Å². The highest BCUT2D eigenvalue weighted by Gasteiger charge is 2.67. The smallest absolute Gasteiger partial charge is 0.291 e. The van der Waals surface area contributed by atoms with Crippen molar-refractivity contribution in [2.24, 2.45) is 0 Å². The van der Waals surface area contributed by atoms with Crippen LogP contribution in [0.3, 0.4) is 0 Å². The van der Waals surface area contributed by atoms with Crippen LogP contribution in [0.15, 0.2) is 36.4 Å². The maximum atomic E-state index is 13.9. The molecule has 6 amide bonds. The third-order valence-electron chi connectivity index (χ3n) is 7.05. The standard InChI is InChI=1S/C23H18Cl4N4O3/c24-13-5-14(25)8-17(7-13)28-11-22(1-2-22)30(19(28)32)21(34)31-20(33)29(12-23(31)3-4-23)18-9-15(26)6-16(27)10-18/h5-10H,1-4,11-12H2. The van der Waals surface area contributed by atoms with Gasteiger partial charge in [-0.25, -0.2) is 24.2 Å². The fraction of sp³-hybridized carbons (Fsp3) is 0.348. The van der Waals surface area contributed by atoms with E-state index in [0.29, 0.717) is 70.2 Å². The summed E-state index contributed by atoms with van der Waals surface area (Å²) in [5.74, 6) is 0. The lowest BCUT2D eigenvalue weighted by Crippen LogP contribution is -2.53. The molecular formula is C23H18Cl4N4O3. The summed E-state index contributed by atoms with van der Waals surface area (Å²) in [6.07, 6.45) is 2.71. The number of rotatable bonds is 2. The molecule has 6 rings (SSSR count). The first kappa shape index (κ1) is 22.3. The zero-order valence-electron chi connectivity index (χ0n) is 17.7. The monoisotopic (exact) mass is 538 g/mol. The molecule has 2 saturated heterocycles. The first-order chi connectivity index (χ1) is 16.1. The molecule has 34 heavy (non-hydrogen) atoms. The topological polar surface area (TPSA) is 64.2 Å². The van der Waals surface area contributed by atoms with Crippen LogP contribution < -0.4 is 9.80 Å². The second kappa shape index (κ2) is 7.40. The van der Waals surface area contributed by atoms with Crippen molar-refractivity contribution in [2.45, 2.75) is 36.8 Å². The first-order valence-corrected chi connectivity index (χ1v) is 12.3. The molecule has 11 heteroatoms. The fourth-order valence-electron chi connectivity index (χ4n) is 5.03. The van der Waals surface area contributed by atoms with Crippen molar-refractivity contribution in [1.82, 2.24) is 9.80 Å². The van der Waals surface area contributed by atoms with Gasteiger partial charge < -0.3 is 0 Å². The Balaban J connectivity index is 1.33. The zero-order chi connectivity index (χ0) is 24.0. The number of imide groups is 2. The molecule has 7 nitrogen and oxygen atoms in total. The molecule has 0 radical (unpaired) electrons. The fourth-order valence-corrected chi connectivity index (χ4v) is 6.06. The summed E-state index contributed by atoms with van der Waals surface area (Å²) in [5.41, 5.74) is -0.223. The molecule has 2 heterocycles. The van der Waals surface area contributed by atoms with Crippen molar-refractivity contribution in [2.75, 3.05) is 22.9 Å². The largest absolute Gasteiger partial charge is 0.337 e. The van der Waals surface area contributed by atoms with Crippen LogP contribution in [0.25, 0.3) is 0 Å². The normalized spacial score (nSPS) is 21.9. The van der Waals surface area contributed by atoms with Crippen molar-refractivity contribution in [3.05, 3.63) is 56.5 Å². The molecule has 2 saturated carbocycles. The van der Waals surface area contributed by atoms with Gasteiger partial charge in [-0.15, -0.1) is 0 Å². The van der Waals surface area contributed by atoms with Gasteiger partial charge in [-0.3, -0.25) is 9.80 Å². The van der Waals surface area contributed by atoms with Gasteiger partial charge >= 0.3 is 18.1 Å². The van der Waals surface area contributed by atoms with Crippen LogP contribution in [-0.2, 0) is 0 Å². The SMILES string of the molecule is O=C1N(c2cc(Cl)cc(Cl)c2)CC2(CC2)N1C(=O)N1C(=O)N(c2cc(Cl)cc(Cl)c2)CC12CC2. The number of hydrogen-bond donors (Lipinski definition) is 0. The van der Waals surface area contributed by atoms with Gasteiger partial charge in [0.2, 0.25) is 0 Å². The molecule has 4 aliphatic rings. The van der Waals surface area contributed by atoms with Gasteiger partial charge in [0.05, 0.1) is 24.2 Å². The molecule has 2 aliphatic heterocycles. The predicted molar refractivity (Wildman–Crippen MR) is 131 cm³/mol. The number of hydrogen-bond acceptors (Lipinski definition) is 3. The van der Waals surface area contributed by atoms with E-state index in [1.54, 1.807) is 36.4 Å². The van der Waals surface area contributed by atoms with Gasteiger partial charge in [-0.1, -0.05) is 46.4 Å². The van der Waals surface area contributed by atoms with Crippen molar-refractivity contribution < 1.29 is 14.4 Å². The first-order valence-electron chi connectivity index (χ1n) is 10.8. The van der Waals surface area contributed by atoms with Crippen LogP contribution in [0.4, 0.5) is 25.8 Å². The Labute approximate surface area is 215 Å². The van der Waals surface area contributed by atoms with Crippen molar-refractivity contribution >= 4 is 75.9 Å². The highest BCUT2D eigenvalue weighted by atomic mass is 35.5. The summed E-state index contributed by atoms with van der Waals surface area (Å²) in [7, 11) is 0. The van der Waals surface area contributed by atoms with E-state index >= 15 is 0 Å². The molecule has 0 bridgehead atoms. The Kier molecular flexibility index (Phi) is 4.85. The van der Waals surface area contributed by atoms with Crippen LogP contribution >= 0.6 is 46.4 Å². The van der Waals surface area contributed by atoms with E-state index in [-0.39, 0.29) is 0 Å². The zero-order valence-corrected chi connectivity index (χ0v) is 20.8. The second-order valence-corrected chi connectivity index (χ2v) is 11.1. The van der Waals surface area contributed by atoms with Crippen molar-refractivity contribution in [3.63, 3.8) is 0 Å². The highest BCUT2D eigenvalue weighted by molar-refractivity contribution is 6.36. The third-order valence-corrected chi connectivity index (χ3v) is 7.93. The molecule has 4 fully saturated rings. The van der Waals surface area contributed by atoms with Crippen LogP contribution in [-0.4, -0.2) is 52.1 Å². The lowest BCUT2D eigenvalue weighted by Gasteiger charge is -2.28. The number of halogens is 4. The second-order valence-electron chi connectivity index (χ2n) is 9.39. The highest BCUT2D eigenvalue weighted by Crippen LogP contribution is 2.53. The molecule has 0 atom stereocenters. The van der Waals surface area contributed by atoms with E-state index < -0.39 is 29.2 Å². The molecule has 2 aliphatic carbocycles. The number of carbonyl (C=O) groups is 3. The van der Waals surface area contributed by atoms with E-state index in [0.717, 1.165) is 0 Å². The molecule has 2 aromatic rings. The number of amides is 6. The Bertz CT molecular complexity index is 1140. The van der Waals surface area contributed by atoms with Crippen molar-refractivity contribution in [3.8, 4) is 0 Å². The number of urea groups is 3. The minimum absolute atomic E-state index is 0.330. The van der Waals surface area contributed by atoms with E-state index in [1.807, 2.05) is 0 Å². The summed E-state index contributed by atoms with van der Waals surface area (Å²) in [5, 5.41) is 1.58. The van der Waals surface area contributed by atoms with Crippen LogP contribution in [0.5, 0.6) is 0 Å². The van der Waals surface area contributed by atoms with E-state index in [4.69, 9.17) is 46.4 Å². The number of nitrogens with zero attached hydrogens (tertiary/aromatic N) is 4. The van der Waals surface area contributed by atoms with Gasteiger partial charge in [0.1, 0.15) is 0 Å². The Morgan fingerprint density at radius 1 is 0.618 bits per heavy atom. The van der Waals surface area contributed by atoms with Crippen molar-refractivity contribution in [1.29, 1.82) is 0 Å². The van der Waals surface area contributed by atoms with Gasteiger partial charge in [-0.05, 0) is 62.1 Å². The van der Waals surface area contributed by atoms with Gasteiger partial charge in [-0.2, -0.15) is 0 Å². The molecule has 2 aromatic carbocycles. The van der Waals surface area contributed by atoms with Crippen LogP contribution in [0.1, 0.15) is 25.7 Å². The Morgan fingerprint density at radius 3 is 1.24 bits per heavy atom. The molecule has 176 valence electrons. The Hall–Kier alpha value is -2.19. The average molecular weight is 540 g/mol. The average Bonchev–Trinajstić information content (AvgIpc) is 3.63. The van der Waals surface area contributed by atoms with E-state index in [2.05, 4.69) is 0 Å². The van der Waals surface area contributed by atoms with E-state index in [9.17, 15) is 14.4 Å². The van der Waals surface area contributed by atoms with Crippen LogP contribution in [0.2, 0.25) is 20.1 Å². The lowest BCUT2D eigenvalue weighted by molar-refractivity contribution is 0.147. The summed E-state index contributed by atoms with van der Waals surface area (Å²) < 4.78 is 0. The van der Waals surface area contributed by atoms with Crippen LogP contribution in [0, 0.1) is 0 Å². The quantitative estimate of drug-likeness (QED) is 0.428. The lowest BCUT2D eigenvalue weighted by atomic mass is 10.2. The summed E-state index contributed by atoms with van der Waals surface area (Å²) in [6, 6.07) is 8.19.